The molecule has 0 fully saturated rings. The zero-order chi connectivity index (χ0) is 27.4. The van der Waals surface area contributed by atoms with Crippen LogP contribution in [0.4, 0.5) is 10.8 Å². The number of carbonyl (C=O) groups is 1. The van der Waals surface area contributed by atoms with Gasteiger partial charge in [0.25, 0.3) is 15.9 Å². The third kappa shape index (κ3) is 5.50. The molecule has 0 radical (unpaired) electrons. The Hall–Kier alpha value is -4.21. The van der Waals surface area contributed by atoms with Gasteiger partial charge in [0, 0.05) is 12.6 Å². The summed E-state index contributed by atoms with van der Waals surface area (Å²) >= 11 is 1.41. The first kappa shape index (κ1) is 26.4. The maximum absolute atomic E-state index is 13.9. The van der Waals surface area contributed by atoms with Crippen LogP contribution in [0, 0.1) is 0 Å². The Bertz CT molecular complexity index is 1690. The molecule has 0 spiro atoms. The Labute approximate surface area is 232 Å². The number of rotatable bonds is 9. The number of benzene rings is 4. The van der Waals surface area contributed by atoms with Crippen LogP contribution in [-0.2, 0) is 16.6 Å². The largest absolute Gasteiger partial charge is 0.492 e. The van der Waals surface area contributed by atoms with Gasteiger partial charge in [0.15, 0.2) is 5.13 Å². The van der Waals surface area contributed by atoms with E-state index in [1.54, 1.807) is 41.3 Å². The summed E-state index contributed by atoms with van der Waals surface area (Å²) in [6.07, 6.45) is 0. The van der Waals surface area contributed by atoms with Crippen molar-refractivity contribution >= 4 is 48.3 Å². The monoisotopic (exact) mass is 557 g/mol. The van der Waals surface area contributed by atoms with Crippen molar-refractivity contribution < 1.29 is 17.9 Å². The summed E-state index contributed by atoms with van der Waals surface area (Å²) in [6, 6.07) is 30.3. The minimum absolute atomic E-state index is 0.0985. The van der Waals surface area contributed by atoms with Crippen molar-refractivity contribution in [3.63, 3.8) is 0 Å². The van der Waals surface area contributed by atoms with Crippen LogP contribution in [0.5, 0.6) is 5.75 Å². The van der Waals surface area contributed by atoms with Crippen LogP contribution in [0.1, 0.15) is 22.8 Å². The molecular formula is C30H27N3O4S2. The molecule has 4 aromatic carbocycles. The second-order valence-electron chi connectivity index (χ2n) is 8.74. The number of anilines is 2. The lowest BCUT2D eigenvalue weighted by Crippen LogP contribution is -2.30. The maximum atomic E-state index is 13.9. The van der Waals surface area contributed by atoms with Gasteiger partial charge in [0.05, 0.1) is 28.4 Å². The van der Waals surface area contributed by atoms with Crippen LogP contribution < -0.4 is 13.9 Å². The Balaban J connectivity index is 1.49. The SMILES string of the molecule is CCOc1cccc2sc(N(Cc3ccccc3)C(=O)c3ccc(S(=O)(=O)N(C)c4ccccc4)cc3)nc12. The fourth-order valence-corrected chi connectivity index (χ4v) is 6.33. The van der Waals surface area contributed by atoms with Crippen LogP contribution in [0.25, 0.3) is 10.2 Å². The number of hydrogen-bond donors (Lipinski definition) is 0. The molecule has 0 saturated carbocycles. The van der Waals surface area contributed by atoms with Gasteiger partial charge >= 0.3 is 0 Å². The topological polar surface area (TPSA) is 79.8 Å². The van der Waals surface area contributed by atoms with Gasteiger partial charge in [-0.1, -0.05) is 65.9 Å². The number of ether oxygens (including phenoxy) is 1. The highest BCUT2D eigenvalue weighted by Crippen LogP contribution is 2.35. The Morgan fingerprint density at radius 1 is 0.872 bits per heavy atom. The number of sulfonamides is 1. The van der Waals surface area contributed by atoms with Gasteiger partial charge in [-0.05, 0) is 61.0 Å². The quantitative estimate of drug-likeness (QED) is 0.211. The number of thiazole rings is 1. The normalized spacial score (nSPS) is 11.3. The summed E-state index contributed by atoms with van der Waals surface area (Å²) in [5, 5.41) is 0.534. The highest BCUT2D eigenvalue weighted by atomic mass is 32.2. The van der Waals surface area contributed by atoms with E-state index >= 15 is 0 Å². The van der Waals surface area contributed by atoms with Crippen molar-refractivity contribution in [1.82, 2.24) is 4.98 Å². The van der Waals surface area contributed by atoms with E-state index in [0.29, 0.717) is 40.8 Å². The number of fused-ring (bicyclic) bond motifs is 1. The van der Waals surface area contributed by atoms with Gasteiger partial charge in [-0.2, -0.15) is 0 Å². The number of aromatic nitrogens is 1. The number of amides is 1. The van der Waals surface area contributed by atoms with Gasteiger partial charge < -0.3 is 4.74 Å². The van der Waals surface area contributed by atoms with E-state index in [9.17, 15) is 13.2 Å². The molecule has 5 aromatic rings. The number of hydrogen-bond acceptors (Lipinski definition) is 6. The first-order valence-electron chi connectivity index (χ1n) is 12.4. The molecule has 9 heteroatoms. The molecule has 1 aromatic heterocycles. The van der Waals surface area contributed by atoms with Crippen LogP contribution in [0.3, 0.4) is 0 Å². The van der Waals surface area contributed by atoms with E-state index in [-0.39, 0.29) is 10.8 Å². The van der Waals surface area contributed by atoms with Gasteiger partial charge in [-0.15, -0.1) is 0 Å². The lowest BCUT2D eigenvalue weighted by Gasteiger charge is -2.21. The Kier molecular flexibility index (Phi) is 7.63. The molecule has 0 N–H and O–H groups in total. The third-order valence-electron chi connectivity index (χ3n) is 6.21. The summed E-state index contributed by atoms with van der Waals surface area (Å²) in [5.41, 5.74) is 2.56. The van der Waals surface area contributed by atoms with Gasteiger partial charge in [-0.25, -0.2) is 13.4 Å². The molecule has 0 unspecified atom stereocenters. The molecule has 0 aliphatic carbocycles. The van der Waals surface area contributed by atoms with E-state index in [1.807, 2.05) is 61.5 Å². The summed E-state index contributed by atoms with van der Waals surface area (Å²) in [4.78, 5) is 20.4. The standard InChI is InChI=1S/C30H27N3O4S2/c1-3-37-26-15-10-16-27-28(26)31-30(38-27)33(21-22-11-6-4-7-12-22)29(34)23-17-19-25(20-18-23)39(35,36)32(2)24-13-8-5-9-14-24/h4-20H,3,21H2,1-2H3. The van der Waals surface area contributed by atoms with Gasteiger partial charge in [-0.3, -0.25) is 14.0 Å². The molecule has 0 aliphatic rings. The summed E-state index contributed by atoms with van der Waals surface area (Å²) in [5.74, 6) is 0.387. The number of carbonyl (C=O) groups excluding carboxylic acids is 1. The van der Waals surface area contributed by atoms with E-state index < -0.39 is 10.0 Å². The highest BCUT2D eigenvalue weighted by molar-refractivity contribution is 7.92. The zero-order valence-corrected chi connectivity index (χ0v) is 23.2. The first-order valence-corrected chi connectivity index (χ1v) is 14.7. The smallest absolute Gasteiger partial charge is 0.264 e. The van der Waals surface area contributed by atoms with E-state index in [0.717, 1.165) is 10.3 Å². The predicted octanol–water partition coefficient (Wildman–Crippen LogP) is 6.37. The molecule has 1 amide bonds. The van der Waals surface area contributed by atoms with Crippen LogP contribution in [-0.4, -0.2) is 33.0 Å². The molecule has 198 valence electrons. The zero-order valence-electron chi connectivity index (χ0n) is 21.5. The van der Waals surface area contributed by atoms with Crippen LogP contribution in [0.15, 0.2) is 108 Å². The van der Waals surface area contributed by atoms with Gasteiger partial charge in [0.2, 0.25) is 0 Å². The minimum Gasteiger partial charge on any atom is -0.492 e. The average molecular weight is 558 g/mol. The Morgan fingerprint density at radius 3 is 2.21 bits per heavy atom. The van der Waals surface area contributed by atoms with E-state index in [4.69, 9.17) is 9.72 Å². The molecule has 0 aliphatic heterocycles. The van der Waals surface area contributed by atoms with E-state index in [1.165, 1.54) is 34.8 Å². The highest BCUT2D eigenvalue weighted by Gasteiger charge is 2.25. The molecule has 39 heavy (non-hydrogen) atoms. The lowest BCUT2D eigenvalue weighted by atomic mass is 10.1. The molecule has 0 atom stereocenters. The maximum Gasteiger partial charge on any atom is 0.264 e. The lowest BCUT2D eigenvalue weighted by molar-refractivity contribution is 0.0985. The van der Waals surface area contributed by atoms with E-state index in [2.05, 4.69) is 0 Å². The fraction of sp³-hybridized carbons (Fsp3) is 0.133. The number of para-hydroxylation sites is 2. The van der Waals surface area contributed by atoms with Crippen molar-refractivity contribution in [2.75, 3.05) is 22.9 Å². The van der Waals surface area contributed by atoms with Crippen molar-refractivity contribution in [3.8, 4) is 5.75 Å². The van der Waals surface area contributed by atoms with Crippen LogP contribution >= 0.6 is 11.3 Å². The third-order valence-corrected chi connectivity index (χ3v) is 9.05. The van der Waals surface area contributed by atoms with Crippen molar-refractivity contribution in [3.05, 3.63) is 114 Å². The molecule has 0 saturated heterocycles. The van der Waals surface area contributed by atoms with Crippen LogP contribution in [0.2, 0.25) is 0 Å². The summed E-state index contributed by atoms with van der Waals surface area (Å²) in [7, 11) is -2.29. The minimum atomic E-state index is -3.80. The molecule has 0 bridgehead atoms. The molecule has 7 nitrogen and oxygen atoms in total. The summed E-state index contributed by atoms with van der Waals surface area (Å²) < 4.78 is 34.3. The molecule has 1 heterocycles. The fourth-order valence-electron chi connectivity index (χ4n) is 4.15. The van der Waals surface area contributed by atoms with Crippen molar-refractivity contribution in [1.29, 1.82) is 0 Å². The van der Waals surface area contributed by atoms with Crippen molar-refractivity contribution in [2.45, 2.75) is 18.4 Å². The molecule has 5 rings (SSSR count). The van der Waals surface area contributed by atoms with Gasteiger partial charge in [0.1, 0.15) is 11.3 Å². The predicted molar refractivity (Wildman–Crippen MR) is 156 cm³/mol. The number of nitrogens with zero attached hydrogens (tertiary/aromatic N) is 3. The van der Waals surface area contributed by atoms with Crippen molar-refractivity contribution in [2.24, 2.45) is 0 Å². The summed E-state index contributed by atoms with van der Waals surface area (Å²) in [6.45, 7) is 2.73. The average Bonchev–Trinajstić information content (AvgIpc) is 3.41. The second kappa shape index (κ2) is 11.3. The Morgan fingerprint density at radius 2 is 1.54 bits per heavy atom. The first-order chi connectivity index (χ1) is 18.9. The second-order valence-corrected chi connectivity index (χ2v) is 11.7. The molecular weight excluding hydrogens is 530 g/mol.